The van der Waals surface area contributed by atoms with Crippen molar-refractivity contribution in [1.82, 2.24) is 0 Å². The molecule has 4 rings (SSSR count). The highest BCUT2D eigenvalue weighted by Crippen LogP contribution is 2.53. The molecule has 8 nitrogen and oxygen atoms in total. The van der Waals surface area contributed by atoms with Crippen molar-refractivity contribution in [3.63, 3.8) is 0 Å². The molecule has 29 heavy (non-hydrogen) atoms. The van der Waals surface area contributed by atoms with Crippen molar-refractivity contribution >= 4 is 17.5 Å². The van der Waals surface area contributed by atoms with Gasteiger partial charge in [0.1, 0.15) is 17.8 Å². The van der Waals surface area contributed by atoms with Crippen LogP contribution in [0.1, 0.15) is 41.0 Å². The molecule has 0 unspecified atom stereocenters. The molecule has 5 atom stereocenters. The fourth-order valence-corrected chi connectivity index (χ4v) is 4.76. The Labute approximate surface area is 165 Å². The molecule has 8 heteroatoms. The molecule has 0 saturated heterocycles. The summed E-state index contributed by atoms with van der Waals surface area (Å²) in [6.07, 6.45) is -4.46. The molecule has 0 amide bonds. The molecule has 4 N–H and O–H groups in total. The number of ether oxygens (including phenoxy) is 1. The van der Waals surface area contributed by atoms with Crippen LogP contribution >= 0.6 is 0 Å². The van der Waals surface area contributed by atoms with Crippen molar-refractivity contribution in [1.29, 1.82) is 0 Å². The van der Waals surface area contributed by atoms with E-state index < -0.39 is 58.2 Å². The lowest BCUT2D eigenvalue weighted by Gasteiger charge is -2.56. The van der Waals surface area contributed by atoms with Crippen LogP contribution in [0.3, 0.4) is 0 Å². The Morgan fingerprint density at radius 1 is 1.10 bits per heavy atom. The van der Waals surface area contributed by atoms with Crippen molar-refractivity contribution in [3.05, 3.63) is 58.2 Å². The summed E-state index contributed by atoms with van der Waals surface area (Å²) >= 11 is 0. The van der Waals surface area contributed by atoms with Gasteiger partial charge in [-0.2, -0.15) is 0 Å². The number of Topliss-reactive ketones (excluding diaryl/α,β-unsaturated/α-hetero) is 2. The summed E-state index contributed by atoms with van der Waals surface area (Å²) in [7, 11) is 0. The van der Waals surface area contributed by atoms with Gasteiger partial charge in [0.15, 0.2) is 23.3 Å². The van der Waals surface area contributed by atoms with Gasteiger partial charge in [0, 0.05) is 35.6 Å². The average Bonchev–Trinajstić information content (AvgIpc) is 2.65. The second kappa shape index (κ2) is 6.17. The first-order valence-electron chi connectivity index (χ1n) is 9.12. The van der Waals surface area contributed by atoms with Crippen molar-refractivity contribution in [2.45, 2.75) is 49.8 Å². The van der Waals surface area contributed by atoms with E-state index >= 15 is 0 Å². The van der Waals surface area contributed by atoms with Crippen LogP contribution < -0.4 is 0 Å². The minimum Gasteiger partial charge on any atom is -0.456 e. The molecule has 0 aliphatic heterocycles. The van der Waals surface area contributed by atoms with Gasteiger partial charge in [0.05, 0.1) is 0 Å². The van der Waals surface area contributed by atoms with Crippen LogP contribution in [0.4, 0.5) is 0 Å². The summed E-state index contributed by atoms with van der Waals surface area (Å²) in [4.78, 5) is 38.1. The Kier molecular flexibility index (Phi) is 4.18. The molecule has 0 heterocycles. The predicted octanol–water partition coefficient (Wildman–Crippen LogP) is -0.158. The number of fused-ring (bicyclic) bond motifs is 3. The van der Waals surface area contributed by atoms with Gasteiger partial charge >= 0.3 is 5.97 Å². The standard InChI is InChI=1S/C21H20O8/c1-9-7-13(23)21(28)15-14(16(24)11-5-3-4-6-12(11)17(15)25)18(26)19(29-10(2)22)20(21,27)8-9/h3-7,13,18-19,23,26-28H,8H2,1-2H3/t13-,18-,19-,20-,21+/m0/s1. The first-order chi connectivity index (χ1) is 13.5. The Balaban J connectivity index is 2.06. The molecular weight excluding hydrogens is 380 g/mol. The zero-order valence-corrected chi connectivity index (χ0v) is 15.7. The number of esters is 1. The molecule has 152 valence electrons. The molecule has 0 fully saturated rings. The van der Waals surface area contributed by atoms with Crippen LogP contribution in [0.5, 0.6) is 0 Å². The highest BCUT2D eigenvalue weighted by atomic mass is 16.6. The second-order valence-corrected chi connectivity index (χ2v) is 7.79. The van der Waals surface area contributed by atoms with Gasteiger partial charge in [0.25, 0.3) is 0 Å². The summed E-state index contributed by atoms with van der Waals surface area (Å²) in [5.41, 5.74) is -5.70. The van der Waals surface area contributed by atoms with Crippen LogP contribution in [-0.2, 0) is 9.53 Å². The fraction of sp³-hybridized carbons (Fsp3) is 0.381. The number of benzene rings is 1. The third-order valence-electron chi connectivity index (χ3n) is 5.96. The van der Waals surface area contributed by atoms with Crippen LogP contribution in [0.15, 0.2) is 47.1 Å². The molecule has 3 aliphatic rings. The Hall–Kier alpha value is -2.65. The molecule has 0 saturated carbocycles. The number of rotatable bonds is 1. The van der Waals surface area contributed by atoms with E-state index in [4.69, 9.17) is 4.74 Å². The number of hydrogen-bond acceptors (Lipinski definition) is 8. The quantitative estimate of drug-likeness (QED) is 0.376. The van der Waals surface area contributed by atoms with Crippen molar-refractivity contribution in [2.24, 2.45) is 0 Å². The van der Waals surface area contributed by atoms with Gasteiger partial charge in [-0.1, -0.05) is 35.9 Å². The third kappa shape index (κ3) is 2.37. The number of carbonyl (C=O) groups excluding carboxylic acids is 3. The molecule has 0 spiro atoms. The topological polar surface area (TPSA) is 141 Å². The van der Waals surface area contributed by atoms with Gasteiger partial charge < -0.3 is 25.2 Å². The maximum atomic E-state index is 13.3. The lowest BCUT2D eigenvalue weighted by Crippen LogP contribution is -2.75. The van der Waals surface area contributed by atoms with Crippen molar-refractivity contribution in [2.75, 3.05) is 0 Å². The minimum absolute atomic E-state index is 0.0105. The molecule has 0 radical (unpaired) electrons. The van der Waals surface area contributed by atoms with E-state index in [9.17, 15) is 34.8 Å². The largest absolute Gasteiger partial charge is 0.456 e. The van der Waals surface area contributed by atoms with E-state index in [2.05, 4.69) is 0 Å². The zero-order valence-electron chi connectivity index (χ0n) is 15.7. The SMILES string of the molecule is CC(=O)O[C@H]1[C@@H](O)C2=C(C(=O)c3ccccc3C2=O)[C@]2(O)[C@@H](O)C=C(C)C[C@]12O. The highest BCUT2D eigenvalue weighted by molar-refractivity contribution is 6.28. The normalized spacial score (nSPS) is 36.1. The van der Waals surface area contributed by atoms with Crippen molar-refractivity contribution in [3.8, 4) is 0 Å². The van der Waals surface area contributed by atoms with Crippen LogP contribution in [-0.4, -0.2) is 67.5 Å². The van der Waals surface area contributed by atoms with E-state index in [0.717, 1.165) is 6.92 Å². The van der Waals surface area contributed by atoms with Crippen LogP contribution in [0.25, 0.3) is 0 Å². The summed E-state index contributed by atoms with van der Waals surface area (Å²) in [6, 6.07) is 5.87. The lowest BCUT2D eigenvalue weighted by atomic mass is 9.55. The van der Waals surface area contributed by atoms with Gasteiger partial charge in [-0.15, -0.1) is 0 Å². The van der Waals surface area contributed by atoms with E-state index in [1.54, 1.807) is 13.0 Å². The Bertz CT molecular complexity index is 1020. The second-order valence-electron chi connectivity index (χ2n) is 7.79. The van der Waals surface area contributed by atoms with E-state index in [1.807, 2.05) is 0 Å². The van der Waals surface area contributed by atoms with E-state index in [1.165, 1.54) is 24.3 Å². The maximum absolute atomic E-state index is 13.3. The molecule has 0 aromatic heterocycles. The zero-order chi connectivity index (χ0) is 21.3. The van der Waals surface area contributed by atoms with Crippen LogP contribution in [0, 0.1) is 0 Å². The number of ketones is 2. The first-order valence-corrected chi connectivity index (χ1v) is 9.12. The van der Waals surface area contributed by atoms with Gasteiger partial charge in [-0.05, 0) is 6.92 Å². The summed E-state index contributed by atoms with van der Waals surface area (Å²) in [5.74, 6) is -2.40. The first kappa shape index (κ1) is 19.7. The number of carbonyl (C=O) groups is 3. The molecule has 0 bridgehead atoms. The molecule has 1 aromatic carbocycles. The van der Waals surface area contributed by atoms with Gasteiger partial charge in [0.2, 0.25) is 0 Å². The summed E-state index contributed by atoms with van der Waals surface area (Å²) in [6.45, 7) is 2.62. The smallest absolute Gasteiger partial charge is 0.303 e. The van der Waals surface area contributed by atoms with Crippen molar-refractivity contribution < 1.29 is 39.5 Å². The number of hydrogen-bond donors (Lipinski definition) is 4. The summed E-state index contributed by atoms with van der Waals surface area (Å²) < 4.78 is 5.12. The highest BCUT2D eigenvalue weighted by Gasteiger charge is 2.70. The molecular formula is C21H20O8. The van der Waals surface area contributed by atoms with Gasteiger partial charge in [-0.3, -0.25) is 14.4 Å². The molecule has 1 aromatic rings. The third-order valence-corrected chi connectivity index (χ3v) is 5.96. The number of aliphatic hydroxyl groups excluding tert-OH is 2. The predicted molar refractivity (Wildman–Crippen MR) is 98.0 cm³/mol. The minimum atomic E-state index is -2.67. The summed E-state index contributed by atoms with van der Waals surface area (Å²) in [5, 5.41) is 44.7. The van der Waals surface area contributed by atoms with Gasteiger partial charge in [-0.25, -0.2) is 0 Å². The fourth-order valence-electron chi connectivity index (χ4n) is 4.76. The van der Waals surface area contributed by atoms with E-state index in [0.29, 0.717) is 5.57 Å². The Morgan fingerprint density at radius 2 is 1.69 bits per heavy atom. The molecule has 3 aliphatic carbocycles. The maximum Gasteiger partial charge on any atom is 0.303 e. The average molecular weight is 400 g/mol. The Morgan fingerprint density at radius 3 is 2.28 bits per heavy atom. The lowest BCUT2D eigenvalue weighted by molar-refractivity contribution is -0.246. The number of aliphatic hydroxyl groups is 4. The van der Waals surface area contributed by atoms with Crippen LogP contribution in [0.2, 0.25) is 0 Å². The monoisotopic (exact) mass is 400 g/mol. The van der Waals surface area contributed by atoms with E-state index in [-0.39, 0.29) is 17.5 Å².